The number of rotatable bonds is 5. The van der Waals surface area contributed by atoms with Crippen molar-refractivity contribution in [1.82, 2.24) is 4.57 Å². The highest BCUT2D eigenvalue weighted by molar-refractivity contribution is 9.10. The normalized spacial score (nSPS) is 16.1. The van der Waals surface area contributed by atoms with Crippen molar-refractivity contribution in [2.75, 3.05) is 6.61 Å². The van der Waals surface area contributed by atoms with Gasteiger partial charge in [0.15, 0.2) is 6.61 Å². The Kier molecular flexibility index (Phi) is 6.01. The molecule has 0 bridgehead atoms. The second-order valence-corrected chi connectivity index (χ2v) is 9.49. The molecule has 0 atom stereocenters. The lowest BCUT2D eigenvalue weighted by Crippen LogP contribution is -2.29. The number of carbonyl (C=O) groups is 1. The fourth-order valence-electron chi connectivity index (χ4n) is 4.00. The van der Waals surface area contributed by atoms with Gasteiger partial charge in [-0.3, -0.25) is 0 Å². The van der Waals surface area contributed by atoms with Crippen LogP contribution in [-0.4, -0.2) is 22.9 Å². The standard InChI is InChI=1S/C25H25BrN2O3/c1-17-13-21-22(27-31-24(29)16-30-20-7-5-4-6-8-20)14-25(2,3)15-23(21)28(17)19-11-9-18(26)10-12-19/h4-13H,14-16H2,1-3H3/b27-22+. The van der Waals surface area contributed by atoms with E-state index in [-0.39, 0.29) is 12.0 Å². The first-order valence-corrected chi connectivity index (χ1v) is 11.0. The fraction of sp³-hybridized carbons (Fsp3) is 0.280. The van der Waals surface area contributed by atoms with Gasteiger partial charge in [-0.05, 0) is 67.6 Å². The molecule has 0 saturated carbocycles. The van der Waals surface area contributed by atoms with Crippen molar-refractivity contribution in [3.8, 4) is 11.4 Å². The lowest BCUT2D eigenvalue weighted by Gasteiger charge is -2.31. The first kappa shape index (κ1) is 21.4. The number of ether oxygens (including phenoxy) is 1. The van der Waals surface area contributed by atoms with Crippen LogP contribution in [-0.2, 0) is 16.1 Å². The van der Waals surface area contributed by atoms with Gasteiger partial charge in [0.2, 0.25) is 0 Å². The molecule has 1 heterocycles. The van der Waals surface area contributed by atoms with Crippen LogP contribution >= 0.6 is 15.9 Å². The molecule has 4 rings (SSSR count). The van der Waals surface area contributed by atoms with Crippen molar-refractivity contribution in [2.24, 2.45) is 10.6 Å². The number of oxime groups is 1. The fourth-order valence-corrected chi connectivity index (χ4v) is 4.27. The van der Waals surface area contributed by atoms with Crippen molar-refractivity contribution in [2.45, 2.75) is 33.6 Å². The number of nitrogens with zero attached hydrogens (tertiary/aromatic N) is 2. The van der Waals surface area contributed by atoms with E-state index in [2.05, 4.69) is 64.6 Å². The molecule has 0 unspecified atom stereocenters. The predicted molar refractivity (Wildman–Crippen MR) is 125 cm³/mol. The van der Waals surface area contributed by atoms with Crippen molar-refractivity contribution in [3.63, 3.8) is 0 Å². The van der Waals surface area contributed by atoms with Gasteiger partial charge in [0.25, 0.3) is 0 Å². The van der Waals surface area contributed by atoms with Gasteiger partial charge in [-0.2, -0.15) is 0 Å². The van der Waals surface area contributed by atoms with E-state index in [9.17, 15) is 4.79 Å². The first-order valence-electron chi connectivity index (χ1n) is 10.2. The van der Waals surface area contributed by atoms with Crippen LogP contribution in [0.3, 0.4) is 0 Å². The Balaban J connectivity index is 1.58. The molecule has 0 amide bonds. The topological polar surface area (TPSA) is 52.8 Å². The second kappa shape index (κ2) is 8.71. The summed E-state index contributed by atoms with van der Waals surface area (Å²) in [5.41, 5.74) is 5.24. The molecule has 1 aliphatic carbocycles. The summed E-state index contributed by atoms with van der Waals surface area (Å²) in [7, 11) is 0. The smallest absolute Gasteiger partial charge is 0.372 e. The van der Waals surface area contributed by atoms with E-state index in [1.165, 1.54) is 5.69 Å². The summed E-state index contributed by atoms with van der Waals surface area (Å²) in [6.45, 7) is 6.32. The summed E-state index contributed by atoms with van der Waals surface area (Å²) >= 11 is 3.50. The van der Waals surface area contributed by atoms with Gasteiger partial charge in [0.05, 0.1) is 5.71 Å². The zero-order valence-electron chi connectivity index (χ0n) is 17.9. The number of aromatic nitrogens is 1. The third kappa shape index (κ3) is 4.90. The zero-order valence-corrected chi connectivity index (χ0v) is 19.5. The summed E-state index contributed by atoms with van der Waals surface area (Å²) in [5, 5.41) is 4.26. The number of fused-ring (bicyclic) bond motifs is 1. The molecule has 0 radical (unpaired) electrons. The lowest BCUT2D eigenvalue weighted by atomic mass is 9.76. The lowest BCUT2D eigenvalue weighted by molar-refractivity contribution is -0.146. The molecule has 0 aliphatic heterocycles. The van der Waals surface area contributed by atoms with Gasteiger partial charge < -0.3 is 14.1 Å². The summed E-state index contributed by atoms with van der Waals surface area (Å²) in [5.74, 6) is 0.0979. The molecule has 0 N–H and O–H groups in total. The Morgan fingerprint density at radius 2 is 1.81 bits per heavy atom. The number of halogens is 1. The van der Waals surface area contributed by atoms with Gasteiger partial charge in [0, 0.05) is 27.1 Å². The van der Waals surface area contributed by atoms with Crippen LogP contribution < -0.4 is 4.74 Å². The van der Waals surface area contributed by atoms with Gasteiger partial charge in [-0.15, -0.1) is 0 Å². The molecular weight excluding hydrogens is 456 g/mol. The largest absolute Gasteiger partial charge is 0.482 e. The number of para-hydroxylation sites is 1. The molecular formula is C25H25BrN2O3. The van der Waals surface area contributed by atoms with Crippen LogP contribution in [0.1, 0.15) is 37.2 Å². The second-order valence-electron chi connectivity index (χ2n) is 8.58. The average molecular weight is 481 g/mol. The van der Waals surface area contributed by atoms with E-state index in [0.717, 1.165) is 40.0 Å². The van der Waals surface area contributed by atoms with E-state index in [4.69, 9.17) is 9.57 Å². The molecule has 1 aromatic heterocycles. The molecule has 5 nitrogen and oxygen atoms in total. The van der Waals surface area contributed by atoms with E-state index in [0.29, 0.717) is 5.75 Å². The minimum atomic E-state index is -0.523. The Hall–Kier alpha value is -2.86. The minimum Gasteiger partial charge on any atom is -0.482 e. The minimum absolute atomic E-state index is 0.00329. The van der Waals surface area contributed by atoms with Crippen molar-refractivity contribution in [1.29, 1.82) is 0 Å². The zero-order chi connectivity index (χ0) is 22.0. The quantitative estimate of drug-likeness (QED) is 0.340. The summed E-state index contributed by atoms with van der Waals surface area (Å²) in [6, 6.07) is 19.6. The highest BCUT2D eigenvalue weighted by Crippen LogP contribution is 2.38. The van der Waals surface area contributed by atoms with Crippen LogP contribution in [0.25, 0.3) is 5.69 Å². The van der Waals surface area contributed by atoms with Crippen molar-refractivity contribution >= 4 is 27.6 Å². The summed E-state index contributed by atoms with van der Waals surface area (Å²) in [4.78, 5) is 17.4. The average Bonchev–Trinajstić information content (AvgIpc) is 3.06. The van der Waals surface area contributed by atoms with Crippen LogP contribution in [0.15, 0.2) is 70.3 Å². The Morgan fingerprint density at radius 1 is 1.10 bits per heavy atom. The summed E-state index contributed by atoms with van der Waals surface area (Å²) in [6.07, 6.45) is 1.65. The maximum Gasteiger partial charge on any atom is 0.372 e. The number of benzene rings is 2. The maximum atomic E-state index is 12.2. The SMILES string of the molecule is Cc1cc2c(n1-c1ccc(Br)cc1)CC(C)(C)C/C2=N\OC(=O)COc1ccccc1. The number of hydrogen-bond acceptors (Lipinski definition) is 4. The van der Waals surface area contributed by atoms with E-state index >= 15 is 0 Å². The molecule has 0 spiro atoms. The molecule has 0 fully saturated rings. The Morgan fingerprint density at radius 3 is 2.52 bits per heavy atom. The van der Waals surface area contributed by atoms with Crippen LogP contribution in [0.4, 0.5) is 0 Å². The maximum absolute atomic E-state index is 12.2. The third-order valence-corrected chi connectivity index (χ3v) is 5.86. The molecule has 1 aliphatic rings. The van der Waals surface area contributed by atoms with E-state index in [1.807, 2.05) is 30.3 Å². The first-order chi connectivity index (χ1) is 14.8. The molecule has 2 aromatic carbocycles. The third-order valence-electron chi connectivity index (χ3n) is 5.33. The van der Waals surface area contributed by atoms with Gasteiger partial charge >= 0.3 is 5.97 Å². The van der Waals surface area contributed by atoms with Crippen LogP contribution in [0.5, 0.6) is 5.75 Å². The number of hydrogen-bond donors (Lipinski definition) is 0. The van der Waals surface area contributed by atoms with Crippen LogP contribution in [0.2, 0.25) is 0 Å². The van der Waals surface area contributed by atoms with E-state index in [1.54, 1.807) is 12.1 Å². The molecule has 6 heteroatoms. The van der Waals surface area contributed by atoms with Gasteiger partial charge in [-0.25, -0.2) is 4.79 Å². The van der Waals surface area contributed by atoms with Gasteiger partial charge in [0.1, 0.15) is 5.75 Å². The number of aryl methyl sites for hydroxylation is 1. The highest BCUT2D eigenvalue weighted by atomic mass is 79.9. The van der Waals surface area contributed by atoms with E-state index < -0.39 is 5.97 Å². The summed E-state index contributed by atoms with van der Waals surface area (Å²) < 4.78 is 8.76. The van der Waals surface area contributed by atoms with Crippen molar-refractivity contribution in [3.05, 3.63) is 82.1 Å². The highest BCUT2D eigenvalue weighted by Gasteiger charge is 2.33. The molecule has 0 saturated heterocycles. The van der Waals surface area contributed by atoms with Crippen LogP contribution in [0, 0.1) is 12.3 Å². The molecule has 31 heavy (non-hydrogen) atoms. The number of carbonyl (C=O) groups excluding carboxylic acids is 1. The Bertz CT molecular complexity index is 1120. The Labute approximate surface area is 190 Å². The molecule has 160 valence electrons. The molecule has 3 aromatic rings. The van der Waals surface area contributed by atoms with Gasteiger partial charge in [-0.1, -0.05) is 53.1 Å². The monoisotopic (exact) mass is 480 g/mol. The van der Waals surface area contributed by atoms with Crippen molar-refractivity contribution < 1.29 is 14.4 Å². The predicted octanol–water partition coefficient (Wildman–Crippen LogP) is 5.85.